The highest BCUT2D eigenvalue weighted by Crippen LogP contribution is 2.43. The van der Waals surface area contributed by atoms with Crippen molar-refractivity contribution < 1.29 is 54.0 Å². The first kappa shape index (κ1) is 38.7. The third kappa shape index (κ3) is 8.59. The normalized spacial score (nSPS) is 12.3. The first-order valence-electron chi connectivity index (χ1n) is 15.1. The molecule has 5 aromatic rings. The lowest BCUT2D eigenvalue weighted by molar-refractivity contribution is 0.319. The SMILES string of the molecule is CCN(c1cccc(S(=O)(=O)CCO)c1)c1nc(Nc2ccc3c(O)c(N=Nc4ccc(OC)cc4S(=O)(=O)O)c(S(=O)(=O)O)cc3c2)nc(OC)n1. The van der Waals surface area contributed by atoms with Gasteiger partial charge in [0.05, 0.1) is 31.5 Å². The second-order valence-electron chi connectivity index (χ2n) is 10.8. The van der Waals surface area contributed by atoms with Crippen LogP contribution in [0, 0.1) is 0 Å². The van der Waals surface area contributed by atoms with Gasteiger partial charge in [-0.3, -0.25) is 9.11 Å². The van der Waals surface area contributed by atoms with Crippen molar-refractivity contribution in [3.05, 3.63) is 66.7 Å². The molecular formula is C31H31N7O12S3. The van der Waals surface area contributed by atoms with Gasteiger partial charge in [-0.1, -0.05) is 6.07 Å². The highest BCUT2D eigenvalue weighted by Gasteiger charge is 2.24. The zero-order valence-corrected chi connectivity index (χ0v) is 30.4. The number of aromatic hydroxyl groups is 1. The van der Waals surface area contributed by atoms with E-state index in [2.05, 4.69) is 30.5 Å². The van der Waals surface area contributed by atoms with Crippen molar-refractivity contribution in [3.8, 4) is 17.5 Å². The molecular weight excluding hydrogens is 759 g/mol. The second kappa shape index (κ2) is 15.2. The fourth-order valence-electron chi connectivity index (χ4n) is 5.00. The molecule has 5 rings (SSSR count). The van der Waals surface area contributed by atoms with Gasteiger partial charge in [0.15, 0.2) is 15.6 Å². The fraction of sp³-hybridized carbons (Fsp3) is 0.194. The van der Waals surface area contributed by atoms with Crippen LogP contribution in [0.2, 0.25) is 0 Å². The van der Waals surface area contributed by atoms with Crippen molar-refractivity contribution in [2.45, 2.75) is 21.6 Å². The molecule has 0 fully saturated rings. The average Bonchev–Trinajstić information content (AvgIpc) is 3.10. The average molecular weight is 790 g/mol. The summed E-state index contributed by atoms with van der Waals surface area (Å²) in [6.07, 6.45) is 0. The van der Waals surface area contributed by atoms with Crippen molar-refractivity contribution in [1.82, 2.24) is 15.0 Å². The van der Waals surface area contributed by atoms with Crippen molar-refractivity contribution in [2.24, 2.45) is 10.2 Å². The molecule has 4 aromatic carbocycles. The molecule has 1 heterocycles. The molecule has 1 aromatic heterocycles. The van der Waals surface area contributed by atoms with Crippen molar-refractivity contribution in [3.63, 3.8) is 0 Å². The summed E-state index contributed by atoms with van der Waals surface area (Å²) in [5.74, 6) is -1.13. The summed E-state index contributed by atoms with van der Waals surface area (Å²) in [5, 5.41) is 30.8. The monoisotopic (exact) mass is 789 g/mol. The number of azo groups is 1. The van der Waals surface area contributed by atoms with E-state index in [-0.39, 0.29) is 51.6 Å². The van der Waals surface area contributed by atoms with Crippen LogP contribution in [0.25, 0.3) is 10.8 Å². The van der Waals surface area contributed by atoms with E-state index in [9.17, 15) is 44.6 Å². The number of hydrogen-bond donors (Lipinski definition) is 5. The number of phenolic OH excluding ortho intramolecular Hbond substituents is 1. The molecule has 0 aliphatic rings. The maximum atomic E-state index is 12.6. The lowest BCUT2D eigenvalue weighted by atomic mass is 10.1. The summed E-state index contributed by atoms with van der Waals surface area (Å²) in [7, 11) is -11.1. The number of fused-ring (bicyclic) bond motifs is 1. The number of rotatable bonds is 14. The zero-order valence-electron chi connectivity index (χ0n) is 27.9. The fourth-order valence-corrected chi connectivity index (χ4v) is 7.36. The van der Waals surface area contributed by atoms with E-state index in [1.54, 1.807) is 17.9 Å². The van der Waals surface area contributed by atoms with Gasteiger partial charge in [0.25, 0.3) is 20.2 Å². The molecule has 0 aliphatic carbocycles. The van der Waals surface area contributed by atoms with Gasteiger partial charge < -0.3 is 29.9 Å². The first-order chi connectivity index (χ1) is 25.0. The predicted octanol–water partition coefficient (Wildman–Crippen LogP) is 4.32. The molecule has 0 bridgehead atoms. The van der Waals surface area contributed by atoms with Crippen LogP contribution in [0.15, 0.2) is 91.6 Å². The van der Waals surface area contributed by atoms with Crippen molar-refractivity contribution >= 4 is 75.5 Å². The number of aromatic nitrogens is 3. The number of nitrogens with one attached hydrogen (secondary N) is 1. The van der Waals surface area contributed by atoms with E-state index in [0.717, 1.165) is 18.2 Å². The summed E-state index contributed by atoms with van der Waals surface area (Å²) in [6, 6.07) is 14.5. The highest BCUT2D eigenvalue weighted by atomic mass is 32.2. The molecule has 0 saturated heterocycles. The molecule has 0 aliphatic heterocycles. The number of methoxy groups -OCH3 is 2. The molecule has 5 N–H and O–H groups in total. The number of aliphatic hydroxyl groups excluding tert-OH is 1. The van der Waals surface area contributed by atoms with Crippen LogP contribution >= 0.6 is 0 Å². The molecule has 0 amide bonds. The van der Waals surface area contributed by atoms with Crippen LogP contribution < -0.4 is 19.7 Å². The predicted molar refractivity (Wildman–Crippen MR) is 190 cm³/mol. The van der Waals surface area contributed by atoms with Gasteiger partial charge in [-0.2, -0.15) is 31.8 Å². The third-order valence-corrected chi connectivity index (χ3v) is 10.9. The highest BCUT2D eigenvalue weighted by molar-refractivity contribution is 7.91. The maximum Gasteiger partial charge on any atom is 0.322 e. The van der Waals surface area contributed by atoms with E-state index < -0.39 is 69.3 Å². The van der Waals surface area contributed by atoms with Crippen LogP contribution in [-0.2, 0) is 30.1 Å². The van der Waals surface area contributed by atoms with Crippen LogP contribution in [-0.4, -0.2) is 92.6 Å². The minimum atomic E-state index is -5.07. The number of phenols is 1. The van der Waals surface area contributed by atoms with E-state index in [1.165, 1.54) is 56.7 Å². The van der Waals surface area contributed by atoms with Crippen LogP contribution in [0.3, 0.4) is 0 Å². The smallest absolute Gasteiger partial charge is 0.322 e. The molecule has 0 saturated carbocycles. The lowest BCUT2D eigenvalue weighted by Crippen LogP contribution is -2.21. The third-order valence-electron chi connectivity index (χ3n) is 7.48. The van der Waals surface area contributed by atoms with Crippen molar-refractivity contribution in [1.29, 1.82) is 0 Å². The van der Waals surface area contributed by atoms with Gasteiger partial charge in [-0.05, 0) is 66.9 Å². The molecule has 53 heavy (non-hydrogen) atoms. The minimum Gasteiger partial charge on any atom is -0.505 e. The van der Waals surface area contributed by atoms with Gasteiger partial charge in [-0.15, -0.1) is 10.2 Å². The van der Waals surface area contributed by atoms with Gasteiger partial charge >= 0.3 is 6.01 Å². The van der Waals surface area contributed by atoms with E-state index >= 15 is 0 Å². The molecule has 22 heteroatoms. The number of aliphatic hydroxyl groups is 1. The Morgan fingerprint density at radius 1 is 0.830 bits per heavy atom. The molecule has 19 nitrogen and oxygen atoms in total. The van der Waals surface area contributed by atoms with Crippen LogP contribution in [0.1, 0.15) is 6.92 Å². The van der Waals surface area contributed by atoms with E-state index in [0.29, 0.717) is 5.69 Å². The van der Waals surface area contributed by atoms with Crippen LogP contribution in [0.5, 0.6) is 17.5 Å². The Morgan fingerprint density at radius 3 is 2.21 bits per heavy atom. The second-order valence-corrected chi connectivity index (χ2v) is 15.7. The topological polar surface area (TPSA) is 280 Å². The number of anilines is 4. The van der Waals surface area contributed by atoms with Crippen molar-refractivity contribution in [2.75, 3.05) is 43.3 Å². The molecule has 0 spiro atoms. The van der Waals surface area contributed by atoms with Gasteiger partial charge in [0.2, 0.25) is 11.9 Å². The van der Waals surface area contributed by atoms with Gasteiger partial charge in [0.1, 0.15) is 26.9 Å². The quantitative estimate of drug-likeness (QED) is 0.0773. The summed E-state index contributed by atoms with van der Waals surface area (Å²) >= 11 is 0. The summed E-state index contributed by atoms with van der Waals surface area (Å²) in [4.78, 5) is 12.9. The number of hydrogen-bond acceptors (Lipinski definition) is 17. The Balaban J connectivity index is 1.54. The van der Waals surface area contributed by atoms with Crippen LogP contribution in [0.4, 0.5) is 34.6 Å². The minimum absolute atomic E-state index is 0.0150. The standard InChI is InChI=1S/C31H31N7O12S3/c1-4-38(20-6-5-7-22(16-20)51(41,42)13-12-39)30-33-29(34-31(35-30)50-3)32-19-8-10-23-18(14-19)15-26(53(46,47)48)27(28(23)40)37-36-24-11-9-21(49-2)17-25(24)52(43,44)45/h5-11,14-17,39-40H,4,12-13H2,1-3H3,(H,43,44,45)(H,46,47,48)(H,32,33,34,35). The summed E-state index contributed by atoms with van der Waals surface area (Å²) in [5.41, 5.74) is -0.471. The Bertz CT molecular complexity index is 2570. The lowest BCUT2D eigenvalue weighted by Gasteiger charge is -2.22. The number of benzene rings is 4. The number of nitrogens with zero attached hydrogens (tertiary/aromatic N) is 6. The Morgan fingerprint density at radius 2 is 1.57 bits per heavy atom. The Kier molecular flexibility index (Phi) is 11.1. The molecule has 0 radical (unpaired) electrons. The maximum absolute atomic E-state index is 12.6. The van der Waals surface area contributed by atoms with E-state index in [4.69, 9.17) is 9.47 Å². The zero-order chi connectivity index (χ0) is 38.7. The number of ether oxygens (including phenoxy) is 2. The molecule has 0 atom stereocenters. The first-order valence-corrected chi connectivity index (χ1v) is 19.6. The summed E-state index contributed by atoms with van der Waals surface area (Å²) < 4.78 is 104. The largest absolute Gasteiger partial charge is 0.505 e. The van der Waals surface area contributed by atoms with Gasteiger partial charge in [-0.25, -0.2) is 8.42 Å². The molecule has 0 unspecified atom stereocenters. The Labute approximate surface area is 303 Å². The summed E-state index contributed by atoms with van der Waals surface area (Å²) in [6.45, 7) is 1.50. The molecule has 280 valence electrons. The van der Waals surface area contributed by atoms with Gasteiger partial charge in [0, 0.05) is 29.4 Å². The van der Waals surface area contributed by atoms with E-state index in [1.807, 2.05) is 0 Å². The number of sulfone groups is 1. The Hall–Kier alpha value is -5.52.